The Morgan fingerprint density at radius 3 is 2.44 bits per heavy atom. The monoisotopic (exact) mass is 618 g/mol. The third-order valence-electron chi connectivity index (χ3n) is 6.76. The van der Waals surface area contributed by atoms with Crippen molar-refractivity contribution in [2.75, 3.05) is 44.7 Å². The summed E-state index contributed by atoms with van der Waals surface area (Å²) in [6, 6.07) is 8.09. The highest BCUT2D eigenvalue weighted by Crippen LogP contribution is 2.27. The average Bonchev–Trinajstić information content (AvgIpc) is 3.42. The van der Waals surface area contributed by atoms with Gasteiger partial charge in [-0.1, -0.05) is 50.1 Å². The Morgan fingerprint density at radius 1 is 1.19 bits per heavy atom. The number of terminal acetylenes is 1. The molecule has 0 radical (unpaired) electrons. The maximum absolute atomic E-state index is 12.2. The van der Waals surface area contributed by atoms with Gasteiger partial charge < -0.3 is 40.1 Å². The molecular weight excluding hydrogens is 584 g/mol. The van der Waals surface area contributed by atoms with Crippen LogP contribution < -0.4 is 5.32 Å². The fourth-order valence-corrected chi connectivity index (χ4v) is 4.48. The molecule has 0 saturated heterocycles. The molecule has 0 saturated carbocycles. The van der Waals surface area contributed by atoms with E-state index in [1.165, 1.54) is 10.9 Å². The van der Waals surface area contributed by atoms with Gasteiger partial charge in [-0.3, -0.25) is 4.57 Å². The first-order valence-electron chi connectivity index (χ1n) is 13.5. The average molecular weight is 619 g/mol. The van der Waals surface area contributed by atoms with Gasteiger partial charge >= 0.3 is 11.9 Å². The van der Waals surface area contributed by atoms with Crippen LogP contribution in [-0.4, -0.2) is 114 Å². The summed E-state index contributed by atoms with van der Waals surface area (Å²) < 4.78 is 12.6. The van der Waals surface area contributed by atoms with Crippen molar-refractivity contribution in [2.45, 2.75) is 44.3 Å². The number of aromatic nitrogens is 4. The van der Waals surface area contributed by atoms with Crippen LogP contribution in [0.25, 0.3) is 11.2 Å². The lowest BCUT2D eigenvalue weighted by molar-refractivity contribution is -0.195. The summed E-state index contributed by atoms with van der Waals surface area (Å²) in [5, 5.41) is 43.5. The lowest BCUT2D eigenvalue weighted by Crippen LogP contribution is -2.52. The zero-order chi connectivity index (χ0) is 31.6. The molecule has 0 amide bonds. The van der Waals surface area contributed by atoms with Crippen LogP contribution in [-0.2, 0) is 25.5 Å². The number of carbonyl (C=O) groups is 2. The zero-order valence-electron chi connectivity index (χ0n) is 23.8. The van der Waals surface area contributed by atoms with Crippen LogP contribution in [0.15, 0.2) is 36.7 Å². The number of carboxylic acids is 2. The van der Waals surface area contributed by atoms with Crippen molar-refractivity contribution in [3.63, 3.8) is 0 Å². The number of hydrogen-bond acceptors (Lipinski definition) is 11. The molecule has 3 rings (SSSR count). The van der Waals surface area contributed by atoms with E-state index in [-0.39, 0.29) is 10.9 Å². The van der Waals surface area contributed by atoms with Gasteiger partial charge in [0.05, 0.1) is 19.5 Å². The van der Waals surface area contributed by atoms with E-state index in [1.54, 1.807) is 30.3 Å². The number of likely N-dealkylation sites (N-methyl/N-ethyl adjacent to an activating group) is 1. The van der Waals surface area contributed by atoms with Crippen LogP contribution in [0.3, 0.4) is 0 Å². The molecule has 43 heavy (non-hydrogen) atoms. The van der Waals surface area contributed by atoms with Gasteiger partial charge in [0.2, 0.25) is 5.28 Å². The molecule has 0 spiro atoms. The number of aliphatic hydroxyl groups excluding tert-OH is 2. The number of aliphatic hydroxyl groups is 2. The molecular formula is C28H35ClN6O8. The molecule has 3 aromatic rings. The molecule has 15 heteroatoms. The van der Waals surface area contributed by atoms with Crippen molar-refractivity contribution in [2.24, 2.45) is 0 Å². The lowest BCUT2D eigenvalue weighted by Gasteiger charge is -2.30. The highest BCUT2D eigenvalue weighted by atomic mass is 35.5. The van der Waals surface area contributed by atoms with Gasteiger partial charge in [-0.2, -0.15) is 9.97 Å². The molecule has 3 atom stereocenters. The number of hydrogen-bond donors (Lipinski definition) is 5. The fourth-order valence-electron chi connectivity index (χ4n) is 4.31. The number of nitrogens with zero attached hydrogens (tertiary/aromatic N) is 5. The highest BCUT2D eigenvalue weighted by molar-refractivity contribution is 6.28. The van der Waals surface area contributed by atoms with Crippen LogP contribution in [0, 0.1) is 12.3 Å². The molecule has 232 valence electrons. The van der Waals surface area contributed by atoms with Gasteiger partial charge in [0.1, 0.15) is 6.10 Å². The zero-order valence-corrected chi connectivity index (χ0v) is 24.5. The summed E-state index contributed by atoms with van der Waals surface area (Å²) in [6.07, 6.45) is 1.93. The highest BCUT2D eigenvalue weighted by Gasteiger charge is 2.49. The molecule has 1 aromatic carbocycles. The van der Waals surface area contributed by atoms with Crippen LogP contribution in [0.4, 0.5) is 5.82 Å². The number of fused-ring (bicyclic) bond motifs is 1. The Hall–Kier alpha value is -3.84. The number of benzene rings is 1. The number of nitrogens with one attached hydrogen (secondary N) is 1. The van der Waals surface area contributed by atoms with E-state index in [4.69, 9.17) is 27.5 Å². The maximum atomic E-state index is 12.2. The van der Waals surface area contributed by atoms with E-state index >= 15 is 0 Å². The largest absolute Gasteiger partial charge is 0.479 e. The third kappa shape index (κ3) is 8.17. The quantitative estimate of drug-likeness (QED) is 0.0778. The van der Waals surface area contributed by atoms with Crippen molar-refractivity contribution in [3.8, 4) is 12.3 Å². The Balaban J connectivity index is 1.87. The Morgan fingerprint density at radius 2 is 1.86 bits per heavy atom. The van der Waals surface area contributed by atoms with Crippen LogP contribution >= 0.6 is 11.6 Å². The van der Waals surface area contributed by atoms with Gasteiger partial charge in [-0.05, 0) is 30.3 Å². The van der Waals surface area contributed by atoms with E-state index in [2.05, 4.69) is 44.9 Å². The summed E-state index contributed by atoms with van der Waals surface area (Å²) in [5.41, 5.74) is -1.83. The van der Waals surface area contributed by atoms with Crippen molar-refractivity contribution >= 4 is 40.5 Å². The fraction of sp³-hybridized carbons (Fsp3) is 0.464. The predicted octanol–water partition coefficient (Wildman–Crippen LogP) is 1.27. The molecule has 0 aliphatic carbocycles. The first-order valence-corrected chi connectivity index (χ1v) is 13.9. The SMILES string of the molecule is C#C[C@@H](O)[C@@H](O[C@@H](CO)COC(Cc1ccccc1)(C(=O)O)C(=O)O)n1cnc2c(NCCN(CC)CC)nc(Cl)nc21. The number of imidazole rings is 1. The summed E-state index contributed by atoms with van der Waals surface area (Å²) >= 11 is 6.20. The molecule has 0 fully saturated rings. The van der Waals surface area contributed by atoms with Crippen LogP contribution in [0.5, 0.6) is 0 Å². The molecule has 2 aromatic heterocycles. The minimum Gasteiger partial charge on any atom is -0.479 e. The smallest absolute Gasteiger partial charge is 0.348 e. The predicted molar refractivity (Wildman–Crippen MR) is 157 cm³/mol. The molecule has 0 aliphatic rings. The second-order valence-electron chi connectivity index (χ2n) is 9.47. The summed E-state index contributed by atoms with van der Waals surface area (Å²) in [5.74, 6) is -0.994. The lowest BCUT2D eigenvalue weighted by atomic mass is 9.94. The summed E-state index contributed by atoms with van der Waals surface area (Å²) in [6.45, 7) is 5.69. The molecule has 0 aliphatic heterocycles. The van der Waals surface area contributed by atoms with E-state index in [0.717, 1.165) is 19.6 Å². The summed E-state index contributed by atoms with van der Waals surface area (Å²) in [4.78, 5) is 39.3. The molecule has 5 N–H and O–H groups in total. The van der Waals surface area contributed by atoms with Gasteiger partial charge in [0.15, 0.2) is 29.3 Å². The molecule has 2 heterocycles. The van der Waals surface area contributed by atoms with Crippen molar-refractivity contribution in [1.29, 1.82) is 0 Å². The van der Waals surface area contributed by atoms with Gasteiger partial charge in [-0.15, -0.1) is 6.42 Å². The molecule has 14 nitrogen and oxygen atoms in total. The Bertz CT molecular complexity index is 1400. The first kappa shape index (κ1) is 33.7. The van der Waals surface area contributed by atoms with E-state index in [0.29, 0.717) is 23.4 Å². The standard InChI is InChI=1S/C28H35ClN6O8/c1-4-20(37)24(35-17-31-21-22(32-27(29)33-23(21)35)30-12-13-34(5-2)6-3)43-19(15-36)16-42-28(25(38)39,26(40)41)14-18-10-8-7-9-11-18/h1,7-11,17,19-20,24,36-37H,5-6,12-16H2,2-3H3,(H,38,39)(H,40,41)(H,30,32,33)/t19-,20+,24+/m0/s1. The number of halogens is 1. The van der Waals surface area contributed by atoms with Crippen molar-refractivity contribution in [3.05, 3.63) is 47.5 Å². The number of ether oxygens (including phenoxy) is 2. The minimum absolute atomic E-state index is 0.121. The topological polar surface area (TPSA) is 192 Å². The van der Waals surface area contributed by atoms with Gasteiger partial charge in [0.25, 0.3) is 5.60 Å². The maximum Gasteiger partial charge on any atom is 0.348 e. The Labute approximate surface area is 253 Å². The van der Waals surface area contributed by atoms with Crippen LogP contribution in [0.2, 0.25) is 5.28 Å². The van der Waals surface area contributed by atoms with E-state index in [1.807, 2.05) is 0 Å². The van der Waals surface area contributed by atoms with Crippen molar-refractivity contribution < 1.29 is 39.5 Å². The number of carboxylic acid groups (broad SMARTS) is 2. The first-order chi connectivity index (χ1) is 20.6. The van der Waals surface area contributed by atoms with Gasteiger partial charge in [-0.25, -0.2) is 14.6 Å². The Kier molecular flexibility index (Phi) is 12.2. The number of aliphatic carboxylic acids is 2. The second kappa shape index (κ2) is 15.6. The number of rotatable bonds is 18. The van der Waals surface area contributed by atoms with E-state index < -0.39 is 55.6 Å². The third-order valence-corrected chi connectivity index (χ3v) is 6.93. The second-order valence-corrected chi connectivity index (χ2v) is 9.81. The summed E-state index contributed by atoms with van der Waals surface area (Å²) in [7, 11) is 0. The van der Waals surface area contributed by atoms with Crippen molar-refractivity contribution in [1.82, 2.24) is 24.4 Å². The molecule has 0 unspecified atom stereocenters. The number of anilines is 1. The van der Waals surface area contributed by atoms with E-state index in [9.17, 15) is 30.0 Å². The minimum atomic E-state index is -2.69. The van der Waals surface area contributed by atoms with Crippen LogP contribution in [0.1, 0.15) is 25.6 Å². The molecule has 0 bridgehead atoms. The van der Waals surface area contributed by atoms with Gasteiger partial charge in [0, 0.05) is 19.5 Å². The normalized spacial score (nSPS) is 13.9.